The number of oxazole rings is 1. The molecule has 0 fully saturated rings. The van der Waals surface area contributed by atoms with Crippen molar-refractivity contribution in [2.45, 2.75) is 13.5 Å². The maximum Gasteiger partial charge on any atom is 0.277 e. The maximum atomic E-state index is 12.7. The molecule has 0 aliphatic carbocycles. The Morgan fingerprint density at radius 2 is 1.87 bits per heavy atom. The SMILES string of the molecule is Cc1oc(-c2ccccc2)nc1C(=O)Nc1cccc(OCc2cccc(C#N)c2)c1. The van der Waals surface area contributed by atoms with E-state index in [1.54, 1.807) is 43.3 Å². The Morgan fingerprint density at radius 3 is 2.68 bits per heavy atom. The van der Waals surface area contributed by atoms with Crippen molar-refractivity contribution in [3.63, 3.8) is 0 Å². The molecule has 0 radical (unpaired) electrons. The van der Waals surface area contributed by atoms with Gasteiger partial charge in [-0.05, 0) is 48.9 Å². The average Bonchev–Trinajstić information content (AvgIpc) is 3.20. The topological polar surface area (TPSA) is 88.2 Å². The summed E-state index contributed by atoms with van der Waals surface area (Å²) in [7, 11) is 0. The Hall–Kier alpha value is -4.37. The number of nitrogens with zero attached hydrogens (tertiary/aromatic N) is 2. The van der Waals surface area contributed by atoms with Crippen LogP contribution in [0.25, 0.3) is 11.5 Å². The van der Waals surface area contributed by atoms with Crippen LogP contribution < -0.4 is 10.1 Å². The largest absolute Gasteiger partial charge is 0.489 e. The second-order valence-electron chi connectivity index (χ2n) is 6.87. The summed E-state index contributed by atoms with van der Waals surface area (Å²) in [6.07, 6.45) is 0. The molecule has 0 unspecified atom stereocenters. The molecule has 1 N–H and O–H groups in total. The first kappa shape index (κ1) is 19.9. The predicted molar refractivity (Wildman–Crippen MR) is 117 cm³/mol. The summed E-state index contributed by atoms with van der Waals surface area (Å²) < 4.78 is 11.5. The first-order valence-corrected chi connectivity index (χ1v) is 9.68. The lowest BCUT2D eigenvalue weighted by atomic mass is 10.1. The van der Waals surface area contributed by atoms with Crippen LogP contribution in [0.5, 0.6) is 5.75 Å². The lowest BCUT2D eigenvalue weighted by molar-refractivity contribution is 0.102. The lowest BCUT2D eigenvalue weighted by Gasteiger charge is -2.09. The third-order valence-electron chi connectivity index (χ3n) is 4.59. The van der Waals surface area contributed by atoms with Crippen molar-refractivity contribution >= 4 is 11.6 Å². The minimum atomic E-state index is -0.359. The van der Waals surface area contributed by atoms with E-state index in [1.165, 1.54) is 0 Å². The van der Waals surface area contributed by atoms with Crippen molar-refractivity contribution in [1.82, 2.24) is 4.98 Å². The number of nitrogens with one attached hydrogen (secondary N) is 1. The maximum absolute atomic E-state index is 12.7. The van der Waals surface area contributed by atoms with E-state index in [9.17, 15) is 4.79 Å². The Bertz CT molecular complexity index is 1260. The molecule has 1 amide bonds. The minimum absolute atomic E-state index is 0.235. The van der Waals surface area contributed by atoms with Gasteiger partial charge in [0, 0.05) is 17.3 Å². The van der Waals surface area contributed by atoms with Crippen LogP contribution in [0, 0.1) is 18.3 Å². The van der Waals surface area contributed by atoms with E-state index in [-0.39, 0.29) is 11.6 Å². The van der Waals surface area contributed by atoms with Crippen LogP contribution in [0.4, 0.5) is 5.69 Å². The quantitative estimate of drug-likeness (QED) is 0.464. The van der Waals surface area contributed by atoms with Crippen molar-refractivity contribution in [2.75, 3.05) is 5.32 Å². The van der Waals surface area contributed by atoms with Crippen molar-refractivity contribution in [1.29, 1.82) is 5.26 Å². The van der Waals surface area contributed by atoms with Gasteiger partial charge in [0.25, 0.3) is 5.91 Å². The second kappa shape index (κ2) is 8.97. The number of hydrogen-bond acceptors (Lipinski definition) is 5. The Labute approximate surface area is 179 Å². The van der Waals surface area contributed by atoms with Gasteiger partial charge in [-0.2, -0.15) is 5.26 Å². The van der Waals surface area contributed by atoms with Gasteiger partial charge in [0.05, 0.1) is 11.6 Å². The van der Waals surface area contributed by atoms with Crippen molar-refractivity contribution in [3.05, 3.63) is 101 Å². The number of aryl methyl sites for hydroxylation is 1. The summed E-state index contributed by atoms with van der Waals surface area (Å²) >= 11 is 0. The summed E-state index contributed by atoms with van der Waals surface area (Å²) in [5.74, 6) is 1.09. The van der Waals surface area contributed by atoms with Gasteiger partial charge in [-0.1, -0.05) is 36.4 Å². The Morgan fingerprint density at radius 1 is 1.06 bits per heavy atom. The number of ether oxygens (including phenoxy) is 1. The normalized spacial score (nSPS) is 10.3. The molecular formula is C25H19N3O3. The average molecular weight is 409 g/mol. The van der Waals surface area contributed by atoms with E-state index < -0.39 is 0 Å². The molecule has 1 aromatic heterocycles. The van der Waals surface area contributed by atoms with Crippen molar-refractivity contribution < 1.29 is 13.9 Å². The second-order valence-corrected chi connectivity index (χ2v) is 6.87. The molecule has 0 aliphatic heterocycles. The molecule has 6 nitrogen and oxygen atoms in total. The van der Waals surface area contributed by atoms with Gasteiger partial charge >= 0.3 is 0 Å². The Kier molecular flexibility index (Phi) is 5.77. The highest BCUT2D eigenvalue weighted by Crippen LogP contribution is 2.23. The highest BCUT2D eigenvalue weighted by Gasteiger charge is 2.18. The lowest BCUT2D eigenvalue weighted by Crippen LogP contribution is -2.13. The number of rotatable bonds is 6. The fourth-order valence-corrected chi connectivity index (χ4v) is 3.06. The van der Waals surface area contributed by atoms with E-state index in [4.69, 9.17) is 14.4 Å². The summed E-state index contributed by atoms with van der Waals surface area (Å²) in [6.45, 7) is 2.03. The van der Waals surface area contributed by atoms with Gasteiger partial charge in [-0.3, -0.25) is 4.79 Å². The van der Waals surface area contributed by atoms with Gasteiger partial charge in [0.1, 0.15) is 18.1 Å². The molecule has 31 heavy (non-hydrogen) atoms. The highest BCUT2D eigenvalue weighted by molar-refractivity contribution is 6.03. The highest BCUT2D eigenvalue weighted by atomic mass is 16.5. The van der Waals surface area contributed by atoms with Gasteiger partial charge < -0.3 is 14.5 Å². The monoisotopic (exact) mass is 409 g/mol. The zero-order valence-corrected chi connectivity index (χ0v) is 16.8. The number of carbonyl (C=O) groups excluding carboxylic acids is 1. The van der Waals surface area contributed by atoms with Crippen LogP contribution in [-0.2, 0) is 6.61 Å². The number of anilines is 1. The van der Waals surface area contributed by atoms with E-state index in [0.717, 1.165) is 11.1 Å². The van der Waals surface area contributed by atoms with Crippen molar-refractivity contribution in [3.8, 4) is 23.3 Å². The van der Waals surface area contributed by atoms with E-state index >= 15 is 0 Å². The number of aromatic nitrogens is 1. The molecule has 0 bridgehead atoms. The smallest absolute Gasteiger partial charge is 0.277 e. The molecule has 4 aromatic rings. The summed E-state index contributed by atoms with van der Waals surface area (Å²) in [4.78, 5) is 17.1. The summed E-state index contributed by atoms with van der Waals surface area (Å²) in [5.41, 5.74) is 3.09. The first-order chi connectivity index (χ1) is 15.1. The molecule has 6 heteroatoms. The van der Waals surface area contributed by atoms with Crippen molar-refractivity contribution in [2.24, 2.45) is 0 Å². The number of nitriles is 1. The molecule has 3 aromatic carbocycles. The van der Waals surface area contributed by atoms with Gasteiger partial charge in [0.2, 0.25) is 5.89 Å². The van der Waals surface area contributed by atoms with Crippen LogP contribution in [0.1, 0.15) is 27.4 Å². The van der Waals surface area contributed by atoms with E-state index in [2.05, 4.69) is 16.4 Å². The minimum Gasteiger partial charge on any atom is -0.489 e. The van der Waals surface area contributed by atoms with Crippen LogP contribution in [0.3, 0.4) is 0 Å². The third kappa shape index (κ3) is 4.80. The van der Waals surface area contributed by atoms with Crippen LogP contribution in [0.2, 0.25) is 0 Å². The molecular weight excluding hydrogens is 390 g/mol. The van der Waals surface area contributed by atoms with Gasteiger partial charge in [-0.15, -0.1) is 0 Å². The first-order valence-electron chi connectivity index (χ1n) is 9.68. The molecule has 0 atom stereocenters. The zero-order valence-electron chi connectivity index (χ0n) is 16.8. The molecule has 4 rings (SSSR count). The molecule has 0 saturated heterocycles. The van der Waals surface area contributed by atoms with Gasteiger partial charge in [-0.25, -0.2) is 4.98 Å². The standard InChI is InChI=1S/C25H19N3O3/c1-17-23(28-25(31-17)20-9-3-2-4-10-20)24(29)27-21-11-6-12-22(14-21)30-16-19-8-5-7-18(13-19)15-26/h2-14H,16H2,1H3,(H,27,29). The summed E-state index contributed by atoms with van der Waals surface area (Å²) in [6, 6.07) is 25.9. The summed E-state index contributed by atoms with van der Waals surface area (Å²) in [5, 5.41) is 11.8. The molecule has 0 saturated carbocycles. The third-order valence-corrected chi connectivity index (χ3v) is 4.59. The molecule has 1 heterocycles. The number of benzene rings is 3. The van der Waals surface area contributed by atoms with Crippen LogP contribution in [-0.4, -0.2) is 10.9 Å². The van der Waals surface area contributed by atoms with Crippen LogP contribution in [0.15, 0.2) is 83.3 Å². The number of carbonyl (C=O) groups is 1. The molecule has 0 aliphatic rings. The van der Waals surface area contributed by atoms with E-state index in [0.29, 0.717) is 35.3 Å². The fourth-order valence-electron chi connectivity index (χ4n) is 3.06. The van der Waals surface area contributed by atoms with Crippen LogP contribution >= 0.6 is 0 Å². The molecule has 0 spiro atoms. The number of amides is 1. The zero-order chi connectivity index (χ0) is 21.6. The number of hydrogen-bond donors (Lipinski definition) is 1. The van der Waals surface area contributed by atoms with Gasteiger partial charge in [0.15, 0.2) is 5.69 Å². The predicted octanol–water partition coefficient (Wildman–Crippen LogP) is 5.35. The Balaban J connectivity index is 1.44. The van der Waals surface area contributed by atoms with E-state index in [1.807, 2.05) is 42.5 Å². The molecule has 152 valence electrons. The fraction of sp³-hybridized carbons (Fsp3) is 0.0800.